The number of anilines is 1. The SMILES string of the molecule is NS(=O)Nc1ccc(-n2nc(C(F)(F)F)cc2-c2ccc(-c3ccccc3)cc2)cc1. The lowest BCUT2D eigenvalue weighted by Gasteiger charge is -2.10. The molecule has 0 saturated carbocycles. The third-order valence-corrected chi connectivity index (χ3v) is 5.05. The maximum atomic E-state index is 13.4. The van der Waals surface area contributed by atoms with Gasteiger partial charge in [-0.2, -0.15) is 18.3 Å². The van der Waals surface area contributed by atoms with Gasteiger partial charge in [-0.15, -0.1) is 0 Å². The largest absolute Gasteiger partial charge is 0.435 e. The predicted molar refractivity (Wildman–Crippen MR) is 115 cm³/mol. The molecule has 1 heterocycles. The van der Waals surface area contributed by atoms with Crippen molar-refractivity contribution in [2.75, 3.05) is 4.72 Å². The Labute approximate surface area is 179 Å². The van der Waals surface area contributed by atoms with Crippen LogP contribution in [0.25, 0.3) is 28.1 Å². The van der Waals surface area contributed by atoms with Crippen LogP contribution in [0, 0.1) is 0 Å². The van der Waals surface area contributed by atoms with Crippen LogP contribution in [0.3, 0.4) is 0 Å². The van der Waals surface area contributed by atoms with Crippen molar-refractivity contribution in [1.82, 2.24) is 9.78 Å². The lowest BCUT2D eigenvalue weighted by Crippen LogP contribution is -2.13. The molecule has 0 aliphatic carbocycles. The van der Waals surface area contributed by atoms with Crippen LogP contribution in [0.2, 0.25) is 0 Å². The minimum Gasteiger partial charge on any atom is -0.293 e. The summed E-state index contributed by atoms with van der Waals surface area (Å²) in [6.45, 7) is 0. The van der Waals surface area contributed by atoms with Crippen LogP contribution in [-0.4, -0.2) is 14.0 Å². The van der Waals surface area contributed by atoms with Crippen LogP contribution in [0.4, 0.5) is 18.9 Å². The molecule has 1 atom stereocenters. The Morgan fingerprint density at radius 3 is 2.00 bits per heavy atom. The summed E-state index contributed by atoms with van der Waals surface area (Å²) in [7, 11) is 0. The predicted octanol–water partition coefficient (Wildman–Crippen LogP) is 5.17. The third kappa shape index (κ3) is 4.68. The maximum absolute atomic E-state index is 13.4. The monoisotopic (exact) mass is 442 g/mol. The molecule has 0 aliphatic heterocycles. The van der Waals surface area contributed by atoms with E-state index in [-0.39, 0.29) is 0 Å². The van der Waals surface area contributed by atoms with Gasteiger partial charge < -0.3 is 0 Å². The number of nitrogens with zero attached hydrogens (tertiary/aromatic N) is 2. The fourth-order valence-corrected chi connectivity index (χ4v) is 3.54. The van der Waals surface area contributed by atoms with E-state index in [1.807, 2.05) is 42.5 Å². The molecule has 4 aromatic rings. The average Bonchev–Trinajstić information content (AvgIpc) is 3.21. The Hall–Kier alpha value is -3.43. The number of benzene rings is 3. The van der Waals surface area contributed by atoms with Gasteiger partial charge in [-0.1, -0.05) is 54.6 Å². The van der Waals surface area contributed by atoms with E-state index in [9.17, 15) is 17.4 Å². The Kier molecular flexibility index (Phi) is 5.62. The van der Waals surface area contributed by atoms with Crippen molar-refractivity contribution < 1.29 is 17.4 Å². The summed E-state index contributed by atoms with van der Waals surface area (Å²) >= 11 is -1.75. The second-order valence-corrected chi connectivity index (χ2v) is 7.51. The van der Waals surface area contributed by atoms with Crippen LogP contribution in [-0.2, 0) is 17.3 Å². The van der Waals surface area contributed by atoms with Crippen molar-refractivity contribution in [2.45, 2.75) is 6.18 Å². The summed E-state index contributed by atoms with van der Waals surface area (Å²) < 4.78 is 55.0. The van der Waals surface area contributed by atoms with Gasteiger partial charge in [-0.25, -0.2) is 14.0 Å². The highest BCUT2D eigenvalue weighted by molar-refractivity contribution is 7.84. The van der Waals surface area contributed by atoms with E-state index in [1.165, 1.54) is 4.68 Å². The molecule has 0 radical (unpaired) electrons. The molecule has 158 valence electrons. The average molecular weight is 442 g/mol. The van der Waals surface area contributed by atoms with Gasteiger partial charge in [0.15, 0.2) is 16.9 Å². The number of rotatable bonds is 5. The summed E-state index contributed by atoms with van der Waals surface area (Å²) in [5.74, 6) is 0. The van der Waals surface area contributed by atoms with Gasteiger partial charge in [0.2, 0.25) is 0 Å². The number of nitrogens with two attached hydrogens (primary N) is 1. The zero-order valence-corrected chi connectivity index (χ0v) is 16.8. The van der Waals surface area contributed by atoms with E-state index < -0.39 is 23.0 Å². The van der Waals surface area contributed by atoms with Gasteiger partial charge in [-0.05, 0) is 41.5 Å². The molecule has 3 aromatic carbocycles. The Bertz CT molecular complexity index is 1200. The van der Waals surface area contributed by atoms with Crippen molar-refractivity contribution in [2.24, 2.45) is 5.14 Å². The van der Waals surface area contributed by atoms with E-state index in [0.29, 0.717) is 22.6 Å². The smallest absolute Gasteiger partial charge is 0.293 e. The number of hydrogen-bond acceptors (Lipinski definition) is 2. The minimum absolute atomic E-state index is 0.301. The van der Waals surface area contributed by atoms with Gasteiger partial charge in [0.1, 0.15) is 0 Å². The van der Waals surface area contributed by atoms with E-state index in [2.05, 4.69) is 9.82 Å². The topological polar surface area (TPSA) is 72.9 Å². The van der Waals surface area contributed by atoms with Crippen LogP contribution in [0.1, 0.15) is 5.69 Å². The lowest BCUT2D eigenvalue weighted by atomic mass is 10.0. The van der Waals surface area contributed by atoms with Crippen molar-refractivity contribution >= 4 is 16.9 Å². The van der Waals surface area contributed by atoms with E-state index in [1.54, 1.807) is 36.4 Å². The van der Waals surface area contributed by atoms with Gasteiger partial charge in [-0.3, -0.25) is 4.72 Å². The van der Waals surface area contributed by atoms with Crippen LogP contribution in [0.5, 0.6) is 0 Å². The summed E-state index contributed by atoms with van der Waals surface area (Å²) in [4.78, 5) is 0. The molecule has 5 nitrogen and oxygen atoms in total. The number of aromatic nitrogens is 2. The summed E-state index contributed by atoms with van der Waals surface area (Å²) in [5.41, 5.74) is 2.77. The molecular weight excluding hydrogens is 425 g/mol. The molecule has 4 rings (SSSR count). The first-order valence-electron chi connectivity index (χ1n) is 9.18. The van der Waals surface area contributed by atoms with E-state index >= 15 is 0 Å². The molecule has 0 aliphatic rings. The molecule has 9 heteroatoms. The fourth-order valence-electron chi connectivity index (χ4n) is 3.17. The normalized spacial score (nSPS) is 12.5. The summed E-state index contributed by atoms with van der Waals surface area (Å²) in [6.07, 6.45) is -4.58. The van der Waals surface area contributed by atoms with Crippen molar-refractivity contribution in [3.05, 3.63) is 90.6 Å². The number of halogens is 3. The maximum Gasteiger partial charge on any atom is 0.435 e. The molecule has 31 heavy (non-hydrogen) atoms. The fraction of sp³-hybridized carbons (Fsp3) is 0.0455. The van der Waals surface area contributed by atoms with Crippen LogP contribution >= 0.6 is 0 Å². The minimum atomic E-state index is -4.58. The Balaban J connectivity index is 1.75. The van der Waals surface area contributed by atoms with E-state index in [0.717, 1.165) is 17.2 Å². The second kappa shape index (κ2) is 8.37. The number of hydrogen-bond donors (Lipinski definition) is 2. The third-order valence-electron chi connectivity index (χ3n) is 4.62. The highest BCUT2D eigenvalue weighted by atomic mass is 32.2. The highest BCUT2D eigenvalue weighted by Gasteiger charge is 2.35. The lowest BCUT2D eigenvalue weighted by molar-refractivity contribution is -0.141. The summed E-state index contributed by atoms with van der Waals surface area (Å²) in [6, 6.07) is 24.3. The summed E-state index contributed by atoms with van der Waals surface area (Å²) in [5, 5.41) is 8.98. The highest BCUT2D eigenvalue weighted by Crippen LogP contribution is 2.34. The molecule has 1 aromatic heterocycles. The van der Waals surface area contributed by atoms with Gasteiger partial charge in [0.25, 0.3) is 0 Å². The zero-order chi connectivity index (χ0) is 22.0. The molecular formula is C22H17F3N4OS. The van der Waals surface area contributed by atoms with Crippen molar-refractivity contribution in [1.29, 1.82) is 0 Å². The standard InChI is InChI=1S/C22H17F3N4OS/c23-22(24,25)21-14-20(17-8-6-16(7-9-17)15-4-2-1-3-5-15)29(27-21)19-12-10-18(11-13-19)28-31(26)30/h1-14,28H,26H2. The van der Waals surface area contributed by atoms with Gasteiger partial charge in [0, 0.05) is 11.3 Å². The van der Waals surface area contributed by atoms with Crippen LogP contribution in [0.15, 0.2) is 84.9 Å². The van der Waals surface area contributed by atoms with Crippen molar-refractivity contribution in [3.63, 3.8) is 0 Å². The second-order valence-electron chi connectivity index (χ2n) is 6.71. The van der Waals surface area contributed by atoms with E-state index in [4.69, 9.17) is 5.14 Å². The molecule has 0 amide bonds. The van der Waals surface area contributed by atoms with Gasteiger partial charge >= 0.3 is 6.18 Å². The number of nitrogens with one attached hydrogen (secondary N) is 1. The first-order chi connectivity index (χ1) is 14.8. The molecule has 0 saturated heterocycles. The molecule has 0 spiro atoms. The number of alkyl halides is 3. The molecule has 3 N–H and O–H groups in total. The quantitative estimate of drug-likeness (QED) is 0.447. The molecule has 1 unspecified atom stereocenters. The first-order valence-corrected chi connectivity index (χ1v) is 10.4. The van der Waals surface area contributed by atoms with Crippen LogP contribution < -0.4 is 9.86 Å². The Morgan fingerprint density at radius 1 is 0.839 bits per heavy atom. The zero-order valence-electron chi connectivity index (χ0n) is 16.0. The first kappa shape index (κ1) is 20.8. The Morgan fingerprint density at radius 2 is 1.42 bits per heavy atom. The molecule has 0 fully saturated rings. The van der Waals surface area contributed by atoms with Crippen molar-refractivity contribution in [3.8, 4) is 28.1 Å². The van der Waals surface area contributed by atoms with Gasteiger partial charge in [0.05, 0.1) is 11.4 Å². The molecule has 0 bridgehead atoms.